The molecule has 14 heavy (non-hydrogen) atoms. The molecule has 0 saturated carbocycles. The van der Waals surface area contributed by atoms with E-state index in [-0.39, 0.29) is 16.9 Å². The molecule has 1 fully saturated rings. The average molecular weight is 216 g/mol. The second-order valence-electron chi connectivity index (χ2n) is 3.28. The number of benzene rings is 1. The van der Waals surface area contributed by atoms with Crippen LogP contribution in [0, 0.1) is 5.82 Å². The van der Waals surface area contributed by atoms with Crippen molar-refractivity contribution in [2.75, 3.05) is 13.1 Å². The molecule has 0 bridgehead atoms. The Kier molecular flexibility index (Phi) is 2.89. The van der Waals surface area contributed by atoms with Crippen LogP contribution in [-0.2, 0) is 0 Å². The van der Waals surface area contributed by atoms with Crippen LogP contribution in [0.5, 0.6) is 5.75 Å². The molecule has 0 unspecified atom stereocenters. The molecule has 76 valence electrons. The first-order chi connectivity index (χ1) is 6.77. The van der Waals surface area contributed by atoms with Gasteiger partial charge in [0.15, 0.2) is 11.6 Å². The van der Waals surface area contributed by atoms with E-state index in [0.717, 1.165) is 19.5 Å². The van der Waals surface area contributed by atoms with Crippen LogP contribution in [0.3, 0.4) is 0 Å². The third-order valence-electron chi connectivity index (χ3n) is 2.22. The lowest BCUT2D eigenvalue weighted by molar-refractivity contribution is 0.213. The van der Waals surface area contributed by atoms with Crippen molar-refractivity contribution >= 4 is 11.6 Å². The summed E-state index contributed by atoms with van der Waals surface area (Å²) in [5.74, 6) is -0.229. The smallest absolute Gasteiger partial charge is 0.183 e. The molecule has 0 amide bonds. The van der Waals surface area contributed by atoms with Gasteiger partial charge in [-0.2, -0.15) is 0 Å². The molecule has 0 spiro atoms. The van der Waals surface area contributed by atoms with Gasteiger partial charge in [0.05, 0.1) is 5.02 Å². The summed E-state index contributed by atoms with van der Waals surface area (Å²) in [4.78, 5) is 0. The van der Waals surface area contributed by atoms with Gasteiger partial charge in [0, 0.05) is 6.54 Å². The maximum atomic E-state index is 13.4. The van der Waals surface area contributed by atoms with E-state index in [9.17, 15) is 4.39 Å². The van der Waals surface area contributed by atoms with Crippen LogP contribution in [0.25, 0.3) is 0 Å². The topological polar surface area (TPSA) is 21.3 Å². The van der Waals surface area contributed by atoms with Gasteiger partial charge in [0.25, 0.3) is 0 Å². The minimum absolute atomic E-state index is 0.0583. The molecule has 1 aliphatic heterocycles. The molecule has 1 saturated heterocycles. The van der Waals surface area contributed by atoms with E-state index in [0.29, 0.717) is 0 Å². The molecule has 1 heterocycles. The lowest BCUT2D eigenvalue weighted by Gasteiger charge is -2.13. The molecule has 1 aromatic carbocycles. The Morgan fingerprint density at radius 1 is 1.50 bits per heavy atom. The third kappa shape index (κ3) is 1.99. The first kappa shape index (κ1) is 9.74. The Morgan fingerprint density at radius 2 is 2.36 bits per heavy atom. The fourth-order valence-corrected chi connectivity index (χ4v) is 1.65. The van der Waals surface area contributed by atoms with Crippen molar-refractivity contribution in [1.29, 1.82) is 0 Å². The minimum atomic E-state index is -0.471. The van der Waals surface area contributed by atoms with Gasteiger partial charge >= 0.3 is 0 Å². The predicted molar refractivity (Wildman–Crippen MR) is 53.3 cm³/mol. The Labute approximate surface area is 87.0 Å². The summed E-state index contributed by atoms with van der Waals surface area (Å²) in [7, 11) is 0. The fourth-order valence-electron chi connectivity index (χ4n) is 1.48. The van der Waals surface area contributed by atoms with Crippen LogP contribution >= 0.6 is 11.6 Å². The highest BCUT2D eigenvalue weighted by Crippen LogP contribution is 2.25. The SMILES string of the molecule is Fc1c(Cl)cccc1O[C@H]1CCNC1. The zero-order chi connectivity index (χ0) is 9.97. The number of rotatable bonds is 2. The molecule has 1 aromatic rings. The van der Waals surface area contributed by atoms with Crippen molar-refractivity contribution in [3.05, 3.63) is 29.0 Å². The molecule has 2 rings (SSSR count). The van der Waals surface area contributed by atoms with Gasteiger partial charge in [-0.3, -0.25) is 0 Å². The van der Waals surface area contributed by atoms with Crippen LogP contribution in [0.1, 0.15) is 6.42 Å². The molecule has 2 nitrogen and oxygen atoms in total. The van der Waals surface area contributed by atoms with Crippen molar-refractivity contribution < 1.29 is 9.13 Å². The van der Waals surface area contributed by atoms with Crippen LogP contribution in [-0.4, -0.2) is 19.2 Å². The van der Waals surface area contributed by atoms with Crippen molar-refractivity contribution in [2.24, 2.45) is 0 Å². The first-order valence-corrected chi connectivity index (χ1v) is 4.96. The van der Waals surface area contributed by atoms with E-state index >= 15 is 0 Å². The standard InChI is InChI=1S/C10H11ClFNO/c11-8-2-1-3-9(10(8)12)14-7-4-5-13-6-7/h1-3,7,13H,4-6H2/t7-/m0/s1. The number of ether oxygens (including phenoxy) is 1. The molecule has 0 aliphatic carbocycles. The molecule has 4 heteroatoms. The van der Waals surface area contributed by atoms with E-state index in [1.807, 2.05) is 0 Å². The highest BCUT2D eigenvalue weighted by atomic mass is 35.5. The zero-order valence-corrected chi connectivity index (χ0v) is 8.35. The monoisotopic (exact) mass is 215 g/mol. The van der Waals surface area contributed by atoms with Gasteiger partial charge < -0.3 is 10.1 Å². The number of hydrogen-bond acceptors (Lipinski definition) is 2. The normalized spacial score (nSPS) is 21.1. The van der Waals surface area contributed by atoms with E-state index in [4.69, 9.17) is 16.3 Å². The van der Waals surface area contributed by atoms with Gasteiger partial charge in [0.1, 0.15) is 6.10 Å². The van der Waals surface area contributed by atoms with Gasteiger partial charge in [-0.05, 0) is 25.1 Å². The second kappa shape index (κ2) is 4.15. The van der Waals surface area contributed by atoms with Crippen LogP contribution < -0.4 is 10.1 Å². The molecule has 0 radical (unpaired) electrons. The Hall–Kier alpha value is -0.800. The van der Waals surface area contributed by atoms with Crippen molar-refractivity contribution in [3.8, 4) is 5.75 Å². The summed E-state index contributed by atoms with van der Waals surface area (Å²) in [6.45, 7) is 1.69. The molecule has 0 aromatic heterocycles. The quantitative estimate of drug-likeness (QED) is 0.817. The maximum absolute atomic E-state index is 13.4. The number of nitrogens with one attached hydrogen (secondary N) is 1. The van der Waals surface area contributed by atoms with Crippen LogP contribution in [0.15, 0.2) is 18.2 Å². The zero-order valence-electron chi connectivity index (χ0n) is 7.59. The maximum Gasteiger partial charge on any atom is 0.183 e. The highest BCUT2D eigenvalue weighted by Gasteiger charge is 2.18. The first-order valence-electron chi connectivity index (χ1n) is 4.59. The minimum Gasteiger partial charge on any atom is -0.486 e. The molecule has 1 atom stereocenters. The van der Waals surface area contributed by atoms with Crippen molar-refractivity contribution in [3.63, 3.8) is 0 Å². The summed E-state index contributed by atoms with van der Waals surface area (Å²) in [5, 5.41) is 3.25. The Balaban J connectivity index is 2.11. The van der Waals surface area contributed by atoms with E-state index in [1.54, 1.807) is 12.1 Å². The summed E-state index contributed by atoms with van der Waals surface area (Å²) >= 11 is 5.63. The molecule has 1 N–H and O–H groups in total. The second-order valence-corrected chi connectivity index (χ2v) is 3.69. The summed E-state index contributed by atoms with van der Waals surface area (Å²) in [5.41, 5.74) is 0. The molecular formula is C10H11ClFNO. The predicted octanol–water partition coefficient (Wildman–Crippen LogP) is 2.22. The average Bonchev–Trinajstić information content (AvgIpc) is 2.66. The number of halogens is 2. The van der Waals surface area contributed by atoms with Crippen LogP contribution in [0.4, 0.5) is 4.39 Å². The van der Waals surface area contributed by atoms with Crippen molar-refractivity contribution in [2.45, 2.75) is 12.5 Å². The largest absolute Gasteiger partial charge is 0.486 e. The highest BCUT2D eigenvalue weighted by molar-refractivity contribution is 6.30. The fraction of sp³-hybridized carbons (Fsp3) is 0.400. The van der Waals surface area contributed by atoms with Gasteiger partial charge in [-0.25, -0.2) is 4.39 Å². The summed E-state index contributed by atoms with van der Waals surface area (Å²) in [6.07, 6.45) is 0.967. The van der Waals surface area contributed by atoms with Gasteiger partial charge in [0.2, 0.25) is 0 Å². The third-order valence-corrected chi connectivity index (χ3v) is 2.52. The lowest BCUT2D eigenvalue weighted by atomic mass is 10.3. The Morgan fingerprint density at radius 3 is 3.07 bits per heavy atom. The summed E-state index contributed by atoms with van der Waals surface area (Å²) in [6, 6.07) is 4.79. The molecular weight excluding hydrogens is 205 g/mol. The van der Waals surface area contributed by atoms with Crippen molar-refractivity contribution in [1.82, 2.24) is 5.32 Å². The molecule has 1 aliphatic rings. The van der Waals surface area contributed by atoms with E-state index in [2.05, 4.69) is 5.32 Å². The van der Waals surface area contributed by atoms with E-state index < -0.39 is 5.82 Å². The summed E-state index contributed by atoms with van der Waals surface area (Å²) < 4.78 is 18.8. The van der Waals surface area contributed by atoms with Gasteiger partial charge in [-0.15, -0.1) is 0 Å². The lowest BCUT2D eigenvalue weighted by Crippen LogP contribution is -2.20. The number of hydrogen-bond donors (Lipinski definition) is 1. The Bertz CT molecular complexity index is 326. The van der Waals surface area contributed by atoms with Gasteiger partial charge in [-0.1, -0.05) is 17.7 Å². The van der Waals surface area contributed by atoms with Crippen LogP contribution in [0.2, 0.25) is 5.02 Å². The van der Waals surface area contributed by atoms with E-state index in [1.165, 1.54) is 6.07 Å².